The van der Waals surface area contributed by atoms with E-state index in [2.05, 4.69) is 15.5 Å². The van der Waals surface area contributed by atoms with Crippen LogP contribution < -0.4 is 5.32 Å². The molecule has 1 aromatic heterocycles. The number of hydrogen-bond acceptors (Lipinski definition) is 5. The number of nitrogens with one attached hydrogen (secondary N) is 1. The summed E-state index contributed by atoms with van der Waals surface area (Å²) in [5.74, 6) is -0.735. The van der Waals surface area contributed by atoms with Crippen molar-refractivity contribution in [3.63, 3.8) is 0 Å². The molecule has 0 radical (unpaired) electrons. The molecule has 1 fully saturated rings. The third kappa shape index (κ3) is 4.62. The van der Waals surface area contributed by atoms with Crippen LogP contribution in [0.3, 0.4) is 0 Å². The molecule has 0 spiro atoms. The highest BCUT2D eigenvalue weighted by atomic mass is 32.1. The summed E-state index contributed by atoms with van der Waals surface area (Å²) in [7, 11) is 0. The van der Waals surface area contributed by atoms with Crippen LogP contribution in [0.1, 0.15) is 33.8 Å². The Kier molecular flexibility index (Phi) is 5.45. The van der Waals surface area contributed by atoms with Crippen molar-refractivity contribution in [3.8, 4) is 0 Å². The third-order valence-corrected chi connectivity index (χ3v) is 5.12. The summed E-state index contributed by atoms with van der Waals surface area (Å²) < 4.78 is 37.8. The van der Waals surface area contributed by atoms with Crippen molar-refractivity contribution >= 4 is 28.3 Å². The van der Waals surface area contributed by atoms with Gasteiger partial charge in [0.2, 0.25) is 11.0 Å². The van der Waals surface area contributed by atoms with Crippen molar-refractivity contribution in [3.05, 3.63) is 40.4 Å². The van der Waals surface area contributed by atoms with Gasteiger partial charge in [0, 0.05) is 24.6 Å². The normalized spacial score (nSPS) is 15.6. The fraction of sp³-hybridized carbons (Fsp3) is 0.412. The second-order valence-corrected chi connectivity index (χ2v) is 7.44. The monoisotopic (exact) mass is 398 g/mol. The summed E-state index contributed by atoms with van der Waals surface area (Å²) in [6.07, 6.45) is -3.47. The van der Waals surface area contributed by atoms with Crippen LogP contribution >= 0.6 is 11.3 Å². The molecule has 2 amide bonds. The number of hydrogen-bond donors (Lipinski definition) is 1. The van der Waals surface area contributed by atoms with Crippen molar-refractivity contribution < 1.29 is 22.8 Å². The number of carbonyl (C=O) groups is 2. The van der Waals surface area contributed by atoms with Crippen LogP contribution in [0.5, 0.6) is 0 Å². The molecule has 27 heavy (non-hydrogen) atoms. The Balaban J connectivity index is 1.55. The predicted molar refractivity (Wildman–Crippen MR) is 93.3 cm³/mol. The molecule has 0 bridgehead atoms. The van der Waals surface area contributed by atoms with E-state index in [0.29, 0.717) is 31.1 Å². The predicted octanol–water partition coefficient (Wildman–Crippen LogP) is 3.36. The van der Waals surface area contributed by atoms with Gasteiger partial charge in [0.05, 0.1) is 5.56 Å². The van der Waals surface area contributed by atoms with Crippen molar-refractivity contribution in [2.24, 2.45) is 5.92 Å². The van der Waals surface area contributed by atoms with Gasteiger partial charge in [-0.3, -0.25) is 9.59 Å². The molecule has 10 heteroatoms. The molecule has 1 aromatic carbocycles. The highest BCUT2D eigenvalue weighted by Crippen LogP contribution is 2.29. The molecule has 0 atom stereocenters. The molecule has 1 saturated heterocycles. The first-order valence-electron chi connectivity index (χ1n) is 8.31. The second kappa shape index (κ2) is 7.63. The SMILES string of the molecule is Cc1nnc(NC(=O)C2CCN(C(=O)c3ccc(C(F)(F)F)cc3)CC2)s1. The van der Waals surface area contributed by atoms with Gasteiger partial charge in [-0.15, -0.1) is 10.2 Å². The van der Waals surface area contributed by atoms with Gasteiger partial charge in [-0.25, -0.2) is 0 Å². The number of piperidine rings is 1. The number of carbonyl (C=O) groups excluding carboxylic acids is 2. The van der Waals surface area contributed by atoms with E-state index in [1.807, 2.05) is 0 Å². The van der Waals surface area contributed by atoms with E-state index in [-0.39, 0.29) is 23.3 Å². The van der Waals surface area contributed by atoms with Gasteiger partial charge in [-0.1, -0.05) is 11.3 Å². The minimum atomic E-state index is -4.43. The molecule has 3 rings (SSSR count). The third-order valence-electron chi connectivity index (χ3n) is 4.37. The van der Waals surface area contributed by atoms with Crippen LogP contribution in [-0.4, -0.2) is 40.0 Å². The van der Waals surface area contributed by atoms with Gasteiger partial charge in [0.25, 0.3) is 5.91 Å². The summed E-state index contributed by atoms with van der Waals surface area (Å²) in [6.45, 7) is 2.53. The zero-order valence-electron chi connectivity index (χ0n) is 14.4. The molecule has 144 valence electrons. The minimum Gasteiger partial charge on any atom is -0.339 e. The maximum Gasteiger partial charge on any atom is 0.416 e. The number of anilines is 1. The average Bonchev–Trinajstić information content (AvgIpc) is 3.05. The van der Waals surface area contributed by atoms with E-state index in [1.54, 1.807) is 11.8 Å². The van der Waals surface area contributed by atoms with Gasteiger partial charge < -0.3 is 10.2 Å². The fourth-order valence-electron chi connectivity index (χ4n) is 2.88. The first kappa shape index (κ1) is 19.3. The van der Waals surface area contributed by atoms with Crippen LogP contribution in [0.4, 0.5) is 18.3 Å². The summed E-state index contributed by atoms with van der Waals surface area (Å²) in [5.41, 5.74) is -0.587. The second-order valence-electron chi connectivity index (χ2n) is 6.26. The van der Waals surface area contributed by atoms with Crippen molar-refractivity contribution in [1.82, 2.24) is 15.1 Å². The average molecular weight is 398 g/mol. The van der Waals surface area contributed by atoms with E-state index >= 15 is 0 Å². The minimum absolute atomic E-state index is 0.159. The molecule has 0 aliphatic carbocycles. The van der Waals surface area contributed by atoms with E-state index in [0.717, 1.165) is 17.1 Å². The fourth-order valence-corrected chi connectivity index (χ4v) is 3.48. The maximum atomic E-state index is 12.6. The Hall–Kier alpha value is -2.49. The Morgan fingerprint density at radius 2 is 1.78 bits per heavy atom. The molecule has 1 aliphatic heterocycles. The van der Waals surface area contributed by atoms with Crippen LogP contribution in [0, 0.1) is 12.8 Å². The molecule has 0 saturated carbocycles. The Morgan fingerprint density at radius 3 is 2.30 bits per heavy atom. The topological polar surface area (TPSA) is 75.2 Å². The van der Waals surface area contributed by atoms with Gasteiger partial charge in [-0.2, -0.15) is 13.2 Å². The van der Waals surface area contributed by atoms with E-state index in [1.165, 1.54) is 23.5 Å². The largest absolute Gasteiger partial charge is 0.416 e. The van der Waals surface area contributed by atoms with Crippen LogP contribution in [0.15, 0.2) is 24.3 Å². The number of aryl methyl sites for hydroxylation is 1. The molecule has 2 aromatic rings. The number of likely N-dealkylation sites (tertiary alicyclic amines) is 1. The molecule has 6 nitrogen and oxygen atoms in total. The van der Waals surface area contributed by atoms with Crippen LogP contribution in [0.2, 0.25) is 0 Å². The summed E-state index contributed by atoms with van der Waals surface area (Å²) in [6, 6.07) is 4.17. The Labute approximate surface area is 157 Å². The molecule has 1 N–H and O–H groups in total. The Bertz CT molecular complexity index is 827. The lowest BCUT2D eigenvalue weighted by molar-refractivity contribution is -0.137. The van der Waals surface area contributed by atoms with Crippen molar-refractivity contribution in [2.45, 2.75) is 25.9 Å². The lowest BCUT2D eigenvalue weighted by Gasteiger charge is -2.31. The molecular weight excluding hydrogens is 381 g/mol. The molecular formula is C17H17F3N4O2S. The number of alkyl halides is 3. The highest BCUT2D eigenvalue weighted by Gasteiger charge is 2.31. The van der Waals surface area contributed by atoms with Crippen molar-refractivity contribution in [1.29, 1.82) is 0 Å². The smallest absolute Gasteiger partial charge is 0.339 e. The number of aromatic nitrogens is 2. The summed E-state index contributed by atoms with van der Waals surface area (Å²) in [4.78, 5) is 26.3. The lowest BCUT2D eigenvalue weighted by Crippen LogP contribution is -2.41. The van der Waals surface area contributed by atoms with Gasteiger partial charge in [0.15, 0.2) is 0 Å². The number of nitrogens with zero attached hydrogens (tertiary/aromatic N) is 3. The van der Waals surface area contributed by atoms with E-state index < -0.39 is 11.7 Å². The lowest BCUT2D eigenvalue weighted by atomic mass is 9.95. The van der Waals surface area contributed by atoms with Crippen LogP contribution in [-0.2, 0) is 11.0 Å². The van der Waals surface area contributed by atoms with E-state index in [4.69, 9.17) is 0 Å². The quantitative estimate of drug-likeness (QED) is 0.860. The molecule has 1 aliphatic rings. The number of benzene rings is 1. The van der Waals surface area contributed by atoms with Gasteiger partial charge >= 0.3 is 6.18 Å². The molecule has 0 unspecified atom stereocenters. The van der Waals surface area contributed by atoms with E-state index in [9.17, 15) is 22.8 Å². The van der Waals surface area contributed by atoms with Gasteiger partial charge in [-0.05, 0) is 44.0 Å². The zero-order valence-corrected chi connectivity index (χ0v) is 15.2. The maximum absolute atomic E-state index is 12.6. The van der Waals surface area contributed by atoms with Crippen LogP contribution in [0.25, 0.3) is 0 Å². The number of amides is 2. The summed E-state index contributed by atoms with van der Waals surface area (Å²) in [5, 5.41) is 11.6. The Morgan fingerprint density at radius 1 is 1.15 bits per heavy atom. The van der Waals surface area contributed by atoms with Crippen molar-refractivity contribution in [2.75, 3.05) is 18.4 Å². The molecule has 2 heterocycles. The van der Waals surface area contributed by atoms with Gasteiger partial charge in [0.1, 0.15) is 5.01 Å². The number of halogens is 3. The number of rotatable bonds is 3. The zero-order chi connectivity index (χ0) is 19.6. The highest BCUT2D eigenvalue weighted by molar-refractivity contribution is 7.15. The standard InChI is InChI=1S/C17H17F3N4O2S/c1-10-22-23-16(27-10)21-14(25)11-6-8-24(9-7-11)15(26)12-2-4-13(5-3-12)17(18,19)20/h2-5,11H,6-9H2,1H3,(H,21,23,25). The first-order valence-corrected chi connectivity index (χ1v) is 9.13. The first-order chi connectivity index (χ1) is 12.7. The summed E-state index contributed by atoms with van der Waals surface area (Å²) >= 11 is 1.29.